The lowest BCUT2D eigenvalue weighted by molar-refractivity contribution is 0.0268. The Morgan fingerprint density at radius 3 is 2.75 bits per heavy atom. The normalized spacial score (nSPS) is 23.2. The van der Waals surface area contributed by atoms with Gasteiger partial charge in [-0.3, -0.25) is 0 Å². The molecule has 1 saturated heterocycles. The van der Waals surface area contributed by atoms with E-state index in [2.05, 4.69) is 27.3 Å². The van der Waals surface area contributed by atoms with E-state index in [9.17, 15) is 0 Å². The molecule has 1 saturated carbocycles. The highest BCUT2D eigenvalue weighted by Crippen LogP contribution is 2.39. The van der Waals surface area contributed by atoms with Gasteiger partial charge in [0, 0.05) is 23.1 Å². The van der Waals surface area contributed by atoms with E-state index < -0.39 is 0 Å². The van der Waals surface area contributed by atoms with Crippen LogP contribution >= 0.6 is 15.9 Å². The van der Waals surface area contributed by atoms with E-state index in [0.29, 0.717) is 6.10 Å². The van der Waals surface area contributed by atoms with Gasteiger partial charge in [-0.2, -0.15) is 0 Å². The fourth-order valence-electron chi connectivity index (χ4n) is 2.48. The topological polar surface area (TPSA) is 39.7 Å². The first-order valence-corrected chi connectivity index (χ1v) is 7.93. The first-order valence-electron chi connectivity index (χ1n) is 7.14. The van der Waals surface area contributed by atoms with Gasteiger partial charge in [-0.1, -0.05) is 15.9 Å². The van der Waals surface area contributed by atoms with Gasteiger partial charge in [-0.25, -0.2) is 0 Å². The van der Waals surface area contributed by atoms with E-state index >= 15 is 0 Å². The maximum absolute atomic E-state index is 6.04. The number of halogens is 1. The fourth-order valence-corrected chi connectivity index (χ4v) is 3.06. The van der Waals surface area contributed by atoms with Crippen molar-refractivity contribution in [2.45, 2.75) is 31.5 Å². The van der Waals surface area contributed by atoms with Crippen LogP contribution in [0.4, 0.5) is 0 Å². The van der Waals surface area contributed by atoms with E-state index in [0.717, 1.165) is 54.1 Å². The Morgan fingerprint density at radius 1 is 1.30 bits per heavy atom. The third-order valence-corrected chi connectivity index (χ3v) is 4.59. The van der Waals surface area contributed by atoms with Crippen LogP contribution < -0.4 is 14.8 Å². The molecule has 0 bridgehead atoms. The van der Waals surface area contributed by atoms with E-state index in [-0.39, 0.29) is 6.10 Å². The molecular weight excluding hydrogens is 322 g/mol. The van der Waals surface area contributed by atoms with Crippen LogP contribution in [-0.2, 0) is 4.74 Å². The number of rotatable bonds is 4. The highest BCUT2D eigenvalue weighted by atomic mass is 79.9. The van der Waals surface area contributed by atoms with Crippen LogP contribution in [0.3, 0.4) is 0 Å². The summed E-state index contributed by atoms with van der Waals surface area (Å²) in [6.45, 7) is 2.48. The van der Waals surface area contributed by atoms with Crippen molar-refractivity contribution >= 4 is 15.9 Å². The van der Waals surface area contributed by atoms with Crippen molar-refractivity contribution in [3.8, 4) is 11.5 Å². The molecule has 1 N–H and O–H groups in total. The van der Waals surface area contributed by atoms with Gasteiger partial charge in [-0.15, -0.1) is 0 Å². The number of morpholine rings is 1. The van der Waals surface area contributed by atoms with E-state index in [1.165, 1.54) is 6.42 Å². The Bertz CT molecular complexity index is 470. The second-order valence-corrected chi connectivity index (χ2v) is 6.11. The predicted molar refractivity (Wildman–Crippen MR) is 80.5 cm³/mol. The minimum absolute atomic E-state index is 0.0628. The zero-order valence-corrected chi connectivity index (χ0v) is 13.2. The molecule has 1 atom stereocenters. The van der Waals surface area contributed by atoms with Gasteiger partial charge in [0.25, 0.3) is 0 Å². The van der Waals surface area contributed by atoms with Gasteiger partial charge in [0.15, 0.2) is 11.5 Å². The number of hydrogen-bond acceptors (Lipinski definition) is 4. The number of nitrogens with one attached hydrogen (secondary N) is 1. The summed E-state index contributed by atoms with van der Waals surface area (Å²) in [5.74, 6) is 1.60. The monoisotopic (exact) mass is 341 g/mol. The van der Waals surface area contributed by atoms with Crippen molar-refractivity contribution in [1.29, 1.82) is 0 Å². The lowest BCUT2D eigenvalue weighted by Crippen LogP contribution is -2.33. The van der Waals surface area contributed by atoms with Crippen molar-refractivity contribution in [3.63, 3.8) is 0 Å². The average molecular weight is 342 g/mol. The van der Waals surface area contributed by atoms with Gasteiger partial charge in [0.1, 0.15) is 0 Å². The number of methoxy groups -OCH3 is 1. The number of benzene rings is 1. The summed E-state index contributed by atoms with van der Waals surface area (Å²) in [5.41, 5.74) is 1.12. The number of hydrogen-bond donors (Lipinski definition) is 1. The molecule has 0 radical (unpaired) electrons. The Balaban J connectivity index is 1.86. The van der Waals surface area contributed by atoms with Crippen molar-refractivity contribution in [1.82, 2.24) is 5.32 Å². The molecule has 1 aliphatic heterocycles. The predicted octanol–water partition coefficient (Wildman–Crippen LogP) is 3.05. The van der Waals surface area contributed by atoms with Gasteiger partial charge >= 0.3 is 0 Å². The second kappa shape index (κ2) is 6.33. The summed E-state index contributed by atoms with van der Waals surface area (Å²) < 4.78 is 18.3. The van der Waals surface area contributed by atoms with Gasteiger partial charge in [0.2, 0.25) is 0 Å². The highest BCUT2D eigenvalue weighted by Gasteiger charge is 2.24. The summed E-state index contributed by atoms with van der Waals surface area (Å²) >= 11 is 3.61. The van der Waals surface area contributed by atoms with Crippen LogP contribution in [-0.4, -0.2) is 32.9 Å². The van der Waals surface area contributed by atoms with Crippen molar-refractivity contribution < 1.29 is 14.2 Å². The van der Waals surface area contributed by atoms with Gasteiger partial charge in [-0.05, 0) is 31.4 Å². The Kier molecular flexibility index (Phi) is 4.48. The summed E-state index contributed by atoms with van der Waals surface area (Å²) in [5, 5.41) is 3.35. The molecule has 0 amide bonds. The summed E-state index contributed by atoms with van der Waals surface area (Å²) in [6.07, 6.45) is 3.93. The Hall–Kier alpha value is -0.780. The number of ether oxygens (including phenoxy) is 3. The van der Waals surface area contributed by atoms with Crippen molar-refractivity contribution in [2.75, 3.05) is 26.8 Å². The molecule has 110 valence electrons. The van der Waals surface area contributed by atoms with Crippen molar-refractivity contribution in [2.24, 2.45) is 0 Å². The average Bonchev–Trinajstić information content (AvgIpc) is 2.44. The Morgan fingerprint density at radius 2 is 2.15 bits per heavy atom. The molecule has 1 heterocycles. The summed E-state index contributed by atoms with van der Waals surface area (Å²) in [6, 6.07) is 4.03. The molecule has 1 aliphatic carbocycles. The Labute approximate surface area is 127 Å². The lowest BCUT2D eigenvalue weighted by atomic mass is 9.96. The van der Waals surface area contributed by atoms with E-state index in [1.807, 2.05) is 6.07 Å². The molecule has 2 fully saturated rings. The third-order valence-electron chi connectivity index (χ3n) is 3.90. The molecule has 4 nitrogen and oxygen atoms in total. The summed E-state index contributed by atoms with van der Waals surface area (Å²) in [4.78, 5) is 0. The molecule has 1 aromatic rings. The minimum atomic E-state index is 0.0628. The molecule has 0 aromatic heterocycles. The van der Waals surface area contributed by atoms with E-state index in [1.54, 1.807) is 7.11 Å². The van der Waals surface area contributed by atoms with Gasteiger partial charge < -0.3 is 19.5 Å². The zero-order valence-electron chi connectivity index (χ0n) is 11.7. The van der Waals surface area contributed by atoms with E-state index in [4.69, 9.17) is 14.2 Å². The first kappa shape index (κ1) is 14.2. The van der Waals surface area contributed by atoms with Crippen LogP contribution in [0, 0.1) is 0 Å². The smallest absolute Gasteiger partial charge is 0.162 e. The van der Waals surface area contributed by atoms with Crippen LogP contribution in [0.1, 0.15) is 30.9 Å². The zero-order chi connectivity index (χ0) is 13.9. The molecule has 2 aliphatic rings. The largest absolute Gasteiger partial charge is 0.493 e. The summed E-state index contributed by atoms with van der Waals surface area (Å²) in [7, 11) is 1.67. The quantitative estimate of drug-likeness (QED) is 0.913. The maximum Gasteiger partial charge on any atom is 0.162 e. The fraction of sp³-hybridized carbons (Fsp3) is 0.600. The second-order valence-electron chi connectivity index (χ2n) is 5.26. The first-order chi connectivity index (χ1) is 9.78. The lowest BCUT2D eigenvalue weighted by Gasteiger charge is -2.29. The third kappa shape index (κ3) is 2.95. The maximum atomic E-state index is 6.04. The SMILES string of the molecule is COc1cc(Br)c(C2CNCCO2)cc1OC1CCC1. The molecular formula is C15H20BrNO3. The highest BCUT2D eigenvalue weighted by molar-refractivity contribution is 9.10. The molecule has 1 unspecified atom stereocenters. The van der Waals surface area contributed by atoms with Gasteiger partial charge in [0.05, 0.1) is 25.9 Å². The van der Waals surface area contributed by atoms with Crippen LogP contribution in [0.2, 0.25) is 0 Å². The van der Waals surface area contributed by atoms with Crippen LogP contribution in [0.15, 0.2) is 16.6 Å². The molecule has 5 heteroatoms. The molecule has 0 spiro atoms. The van der Waals surface area contributed by atoms with Crippen molar-refractivity contribution in [3.05, 3.63) is 22.2 Å². The standard InChI is InChI=1S/C15H20BrNO3/c1-18-13-8-12(16)11(15-9-17-5-6-19-15)7-14(13)20-10-3-2-4-10/h7-8,10,15,17H,2-6,9H2,1H3. The molecule has 1 aromatic carbocycles. The molecule has 3 rings (SSSR count). The van der Waals surface area contributed by atoms with Crippen LogP contribution in [0.5, 0.6) is 11.5 Å². The minimum Gasteiger partial charge on any atom is -0.493 e. The van der Waals surface area contributed by atoms with Crippen LogP contribution in [0.25, 0.3) is 0 Å². The molecule has 20 heavy (non-hydrogen) atoms.